The van der Waals surface area contributed by atoms with E-state index in [1.807, 2.05) is 0 Å². The lowest BCUT2D eigenvalue weighted by atomic mass is 9.58. The Balaban J connectivity index is 3.59. The molecular formula is C14H20O8. The lowest BCUT2D eigenvalue weighted by Gasteiger charge is -2.39. The second kappa shape index (κ2) is 6.76. The number of rotatable bonds is 4. The van der Waals surface area contributed by atoms with Crippen molar-refractivity contribution in [1.82, 2.24) is 0 Å². The van der Waals surface area contributed by atoms with Gasteiger partial charge < -0.3 is 20.4 Å². The summed E-state index contributed by atoms with van der Waals surface area (Å²) < 4.78 is 0. The van der Waals surface area contributed by atoms with E-state index >= 15 is 0 Å². The van der Waals surface area contributed by atoms with Crippen molar-refractivity contribution in [3.63, 3.8) is 0 Å². The molecule has 1 aliphatic carbocycles. The second-order valence-electron chi connectivity index (χ2n) is 5.65. The highest BCUT2D eigenvalue weighted by atomic mass is 16.4. The van der Waals surface area contributed by atoms with Gasteiger partial charge >= 0.3 is 23.9 Å². The molecule has 0 amide bonds. The number of carboxylic acids is 4. The minimum Gasteiger partial charge on any atom is -0.480 e. The van der Waals surface area contributed by atoms with Gasteiger partial charge in [0.1, 0.15) is 0 Å². The molecule has 124 valence electrons. The molecular weight excluding hydrogens is 296 g/mol. The average Bonchev–Trinajstić information content (AvgIpc) is 2.42. The summed E-state index contributed by atoms with van der Waals surface area (Å²) in [5.41, 5.74) is -5.75. The van der Waals surface area contributed by atoms with Crippen LogP contribution in [0.4, 0.5) is 0 Å². The van der Waals surface area contributed by atoms with Crippen LogP contribution in [0.5, 0.6) is 0 Å². The number of hydrogen-bond acceptors (Lipinski definition) is 4. The normalized spacial score (nSPS) is 21.5. The molecule has 0 atom stereocenters. The van der Waals surface area contributed by atoms with Crippen LogP contribution in [0.2, 0.25) is 0 Å². The molecule has 0 bridgehead atoms. The summed E-state index contributed by atoms with van der Waals surface area (Å²) in [5.74, 6) is -7.65. The van der Waals surface area contributed by atoms with Gasteiger partial charge in [-0.05, 0) is 12.8 Å². The Bertz CT molecular complexity index is 409. The first-order valence-corrected chi connectivity index (χ1v) is 7.17. The Labute approximate surface area is 126 Å². The lowest BCUT2D eigenvalue weighted by molar-refractivity contribution is -0.197. The van der Waals surface area contributed by atoms with Gasteiger partial charge in [0.15, 0.2) is 10.8 Å². The standard InChI is InChI=1S/C14H20O8/c15-9(16)13(10(17)18)7-5-3-1-2-4-6-8-14(13,11(19)20)12(21)22/h1-8H2,(H,15,16)(H,17,18)(H,19,20)(H,21,22). The van der Waals surface area contributed by atoms with Crippen LogP contribution in [-0.4, -0.2) is 44.3 Å². The summed E-state index contributed by atoms with van der Waals surface area (Å²) in [4.78, 5) is 46.8. The van der Waals surface area contributed by atoms with Crippen LogP contribution in [0.25, 0.3) is 0 Å². The van der Waals surface area contributed by atoms with E-state index in [1.54, 1.807) is 0 Å². The third kappa shape index (κ3) is 2.65. The Morgan fingerprint density at radius 3 is 0.955 bits per heavy atom. The first kappa shape index (κ1) is 17.9. The third-order valence-electron chi connectivity index (χ3n) is 4.54. The fraction of sp³-hybridized carbons (Fsp3) is 0.714. The number of carbonyl (C=O) groups is 4. The number of carboxylic acid groups (broad SMARTS) is 4. The highest BCUT2D eigenvalue weighted by Crippen LogP contribution is 2.49. The molecule has 0 aromatic heterocycles. The van der Waals surface area contributed by atoms with Gasteiger partial charge in [0, 0.05) is 0 Å². The van der Waals surface area contributed by atoms with Crippen LogP contribution in [0, 0.1) is 10.8 Å². The maximum Gasteiger partial charge on any atom is 0.322 e. The maximum absolute atomic E-state index is 11.7. The maximum atomic E-state index is 11.7. The van der Waals surface area contributed by atoms with Crippen LogP contribution in [0.1, 0.15) is 51.4 Å². The molecule has 8 heteroatoms. The van der Waals surface area contributed by atoms with Crippen LogP contribution < -0.4 is 0 Å². The summed E-state index contributed by atoms with van der Waals surface area (Å²) in [6.07, 6.45) is 1.91. The SMILES string of the molecule is O=C(O)C1(C(=O)O)CCCCCCCCC1(C(=O)O)C(=O)O. The van der Waals surface area contributed by atoms with Crippen LogP contribution in [0.15, 0.2) is 0 Å². The van der Waals surface area contributed by atoms with E-state index in [-0.39, 0.29) is 12.8 Å². The number of hydrogen-bond donors (Lipinski definition) is 4. The van der Waals surface area contributed by atoms with Crippen molar-refractivity contribution in [2.75, 3.05) is 0 Å². The molecule has 22 heavy (non-hydrogen) atoms. The van der Waals surface area contributed by atoms with E-state index < -0.39 is 47.5 Å². The molecule has 1 fully saturated rings. The minimum atomic E-state index is -2.87. The van der Waals surface area contributed by atoms with Crippen LogP contribution in [-0.2, 0) is 19.2 Å². The highest BCUT2D eigenvalue weighted by Gasteiger charge is 2.70. The van der Waals surface area contributed by atoms with E-state index in [9.17, 15) is 39.6 Å². The molecule has 1 saturated carbocycles. The molecule has 0 heterocycles. The second-order valence-corrected chi connectivity index (χ2v) is 5.65. The fourth-order valence-electron chi connectivity index (χ4n) is 3.26. The van der Waals surface area contributed by atoms with Crippen molar-refractivity contribution < 1.29 is 39.6 Å². The van der Waals surface area contributed by atoms with Crippen LogP contribution >= 0.6 is 0 Å². The largest absolute Gasteiger partial charge is 0.480 e. The number of aliphatic carboxylic acids is 4. The Morgan fingerprint density at radius 1 is 0.500 bits per heavy atom. The van der Waals surface area contributed by atoms with Crippen molar-refractivity contribution >= 4 is 23.9 Å². The van der Waals surface area contributed by atoms with Gasteiger partial charge in [-0.15, -0.1) is 0 Å². The monoisotopic (exact) mass is 316 g/mol. The molecule has 8 nitrogen and oxygen atoms in total. The summed E-state index contributed by atoms with van der Waals surface area (Å²) in [6.45, 7) is 0. The molecule has 1 rings (SSSR count). The quantitative estimate of drug-likeness (QED) is 0.569. The molecule has 1 aliphatic rings. The van der Waals surface area contributed by atoms with Crippen molar-refractivity contribution in [3.8, 4) is 0 Å². The van der Waals surface area contributed by atoms with Gasteiger partial charge in [0.25, 0.3) is 0 Å². The summed E-state index contributed by atoms with van der Waals surface area (Å²) in [7, 11) is 0. The van der Waals surface area contributed by atoms with E-state index in [4.69, 9.17) is 0 Å². The molecule has 0 unspecified atom stereocenters. The molecule has 0 aromatic carbocycles. The lowest BCUT2D eigenvalue weighted by Crippen LogP contribution is -2.61. The van der Waals surface area contributed by atoms with E-state index in [0.717, 1.165) is 12.8 Å². The van der Waals surface area contributed by atoms with Gasteiger partial charge in [-0.25, -0.2) is 0 Å². The molecule has 0 aromatic rings. The Kier molecular flexibility index (Phi) is 5.51. The van der Waals surface area contributed by atoms with Gasteiger partial charge in [0.2, 0.25) is 0 Å². The zero-order chi connectivity index (χ0) is 17.0. The van der Waals surface area contributed by atoms with Crippen molar-refractivity contribution in [2.24, 2.45) is 10.8 Å². The smallest absolute Gasteiger partial charge is 0.322 e. The highest BCUT2D eigenvalue weighted by molar-refractivity contribution is 6.12. The molecule has 0 radical (unpaired) electrons. The van der Waals surface area contributed by atoms with Crippen LogP contribution in [0.3, 0.4) is 0 Å². The van der Waals surface area contributed by atoms with Gasteiger partial charge in [-0.2, -0.15) is 0 Å². The first-order chi connectivity index (χ1) is 10.2. The van der Waals surface area contributed by atoms with Gasteiger partial charge in [-0.1, -0.05) is 38.5 Å². The zero-order valence-corrected chi connectivity index (χ0v) is 12.1. The zero-order valence-electron chi connectivity index (χ0n) is 12.1. The topological polar surface area (TPSA) is 149 Å². The summed E-state index contributed by atoms with van der Waals surface area (Å²) in [6, 6.07) is 0. The summed E-state index contributed by atoms with van der Waals surface area (Å²) in [5, 5.41) is 37.9. The van der Waals surface area contributed by atoms with Crippen molar-refractivity contribution in [1.29, 1.82) is 0 Å². The molecule has 0 spiro atoms. The fourth-order valence-corrected chi connectivity index (χ4v) is 3.26. The van der Waals surface area contributed by atoms with Gasteiger partial charge in [-0.3, -0.25) is 19.2 Å². The Hall–Kier alpha value is -2.12. The van der Waals surface area contributed by atoms with E-state index in [2.05, 4.69) is 0 Å². The molecule has 0 saturated heterocycles. The predicted molar refractivity (Wildman–Crippen MR) is 72.3 cm³/mol. The summed E-state index contributed by atoms with van der Waals surface area (Å²) >= 11 is 0. The molecule has 4 N–H and O–H groups in total. The first-order valence-electron chi connectivity index (χ1n) is 7.17. The third-order valence-corrected chi connectivity index (χ3v) is 4.54. The predicted octanol–water partition coefficient (Wildman–Crippen LogP) is 1.43. The average molecular weight is 316 g/mol. The van der Waals surface area contributed by atoms with E-state index in [0.29, 0.717) is 12.8 Å². The van der Waals surface area contributed by atoms with Crippen molar-refractivity contribution in [3.05, 3.63) is 0 Å². The van der Waals surface area contributed by atoms with Crippen molar-refractivity contribution in [2.45, 2.75) is 51.4 Å². The van der Waals surface area contributed by atoms with Gasteiger partial charge in [0.05, 0.1) is 0 Å². The molecule has 0 aliphatic heterocycles. The minimum absolute atomic E-state index is 0.154. The van der Waals surface area contributed by atoms with E-state index in [1.165, 1.54) is 0 Å². The Morgan fingerprint density at radius 2 is 0.727 bits per heavy atom.